The fourth-order valence-corrected chi connectivity index (χ4v) is 2.14. The summed E-state index contributed by atoms with van der Waals surface area (Å²) in [6, 6.07) is 8.87. The van der Waals surface area contributed by atoms with Crippen molar-refractivity contribution in [2.24, 2.45) is 0 Å². The normalized spacial score (nSPS) is 15.6. The molecule has 0 amide bonds. The van der Waals surface area contributed by atoms with Gasteiger partial charge in [-0.2, -0.15) is 0 Å². The largest absolute Gasteiger partial charge is 0.0853 e. The average Bonchev–Trinajstić information content (AvgIpc) is 2.67. The Labute approximate surface area is 86.7 Å². The third-order valence-corrected chi connectivity index (χ3v) is 2.95. The van der Waals surface area contributed by atoms with E-state index in [4.69, 9.17) is 0 Å². The SMILES string of the molecule is Cc1cccc(CCC2=CCCC2)c1. The molecule has 0 spiro atoms. The van der Waals surface area contributed by atoms with Gasteiger partial charge < -0.3 is 0 Å². The van der Waals surface area contributed by atoms with Gasteiger partial charge in [0.15, 0.2) is 0 Å². The van der Waals surface area contributed by atoms with E-state index in [2.05, 4.69) is 37.3 Å². The lowest BCUT2D eigenvalue weighted by atomic mass is 10.0. The number of allylic oxidation sites excluding steroid dienone is 2. The Hall–Kier alpha value is -1.04. The van der Waals surface area contributed by atoms with Gasteiger partial charge in [-0.25, -0.2) is 0 Å². The number of hydrogen-bond acceptors (Lipinski definition) is 0. The molecule has 0 saturated heterocycles. The van der Waals surface area contributed by atoms with Crippen LogP contribution in [-0.4, -0.2) is 0 Å². The van der Waals surface area contributed by atoms with Crippen molar-refractivity contribution in [2.75, 3.05) is 0 Å². The van der Waals surface area contributed by atoms with Crippen LogP contribution >= 0.6 is 0 Å². The number of hydrogen-bond donors (Lipinski definition) is 0. The minimum Gasteiger partial charge on any atom is -0.0853 e. The van der Waals surface area contributed by atoms with Gasteiger partial charge in [0.2, 0.25) is 0 Å². The predicted molar refractivity (Wildman–Crippen MR) is 61.4 cm³/mol. The Morgan fingerprint density at radius 3 is 2.86 bits per heavy atom. The molecule has 0 atom stereocenters. The highest BCUT2D eigenvalue weighted by molar-refractivity contribution is 5.23. The van der Waals surface area contributed by atoms with E-state index in [1.807, 2.05) is 0 Å². The van der Waals surface area contributed by atoms with Crippen LogP contribution in [0.4, 0.5) is 0 Å². The Morgan fingerprint density at radius 1 is 1.21 bits per heavy atom. The second kappa shape index (κ2) is 4.45. The lowest BCUT2D eigenvalue weighted by molar-refractivity contribution is 0.844. The van der Waals surface area contributed by atoms with Crippen molar-refractivity contribution in [2.45, 2.75) is 39.0 Å². The molecule has 74 valence electrons. The zero-order valence-corrected chi connectivity index (χ0v) is 8.92. The molecule has 0 bridgehead atoms. The zero-order valence-electron chi connectivity index (χ0n) is 8.92. The molecule has 0 unspecified atom stereocenters. The molecular weight excluding hydrogens is 168 g/mol. The molecule has 1 aliphatic rings. The Kier molecular flexibility index (Phi) is 3.03. The summed E-state index contributed by atoms with van der Waals surface area (Å²) in [5.41, 5.74) is 4.53. The third kappa shape index (κ3) is 2.47. The van der Waals surface area contributed by atoms with E-state index in [9.17, 15) is 0 Å². The van der Waals surface area contributed by atoms with Crippen molar-refractivity contribution in [1.29, 1.82) is 0 Å². The quantitative estimate of drug-likeness (QED) is 0.625. The molecule has 0 heteroatoms. The Balaban J connectivity index is 1.91. The van der Waals surface area contributed by atoms with Gasteiger partial charge in [0, 0.05) is 0 Å². The molecule has 1 aliphatic carbocycles. The second-order valence-electron chi connectivity index (χ2n) is 4.24. The first-order chi connectivity index (χ1) is 6.84. The Bertz CT molecular complexity index is 334. The molecule has 0 saturated carbocycles. The third-order valence-electron chi connectivity index (χ3n) is 2.95. The monoisotopic (exact) mass is 186 g/mol. The smallest absolute Gasteiger partial charge is 0.0241 e. The van der Waals surface area contributed by atoms with E-state index in [0.29, 0.717) is 0 Å². The van der Waals surface area contributed by atoms with Crippen LogP contribution in [0, 0.1) is 6.92 Å². The molecule has 1 aromatic rings. The van der Waals surface area contributed by atoms with Crippen molar-refractivity contribution in [3.05, 3.63) is 47.0 Å². The maximum Gasteiger partial charge on any atom is -0.0241 e. The Morgan fingerprint density at radius 2 is 2.14 bits per heavy atom. The summed E-state index contributed by atoms with van der Waals surface area (Å²) < 4.78 is 0. The van der Waals surface area contributed by atoms with Gasteiger partial charge in [-0.3, -0.25) is 0 Å². The van der Waals surface area contributed by atoms with E-state index in [-0.39, 0.29) is 0 Å². The molecule has 2 rings (SSSR count). The average molecular weight is 186 g/mol. The lowest BCUT2D eigenvalue weighted by Gasteiger charge is -2.03. The van der Waals surface area contributed by atoms with Crippen LogP contribution in [0.15, 0.2) is 35.9 Å². The summed E-state index contributed by atoms with van der Waals surface area (Å²) in [4.78, 5) is 0. The van der Waals surface area contributed by atoms with Gasteiger partial charge in [-0.15, -0.1) is 0 Å². The maximum atomic E-state index is 2.43. The zero-order chi connectivity index (χ0) is 9.80. The van der Waals surface area contributed by atoms with Crippen molar-refractivity contribution in [1.82, 2.24) is 0 Å². The van der Waals surface area contributed by atoms with E-state index in [1.165, 1.54) is 43.2 Å². The minimum atomic E-state index is 1.22. The highest BCUT2D eigenvalue weighted by atomic mass is 14.1. The van der Waals surface area contributed by atoms with E-state index in [0.717, 1.165) is 0 Å². The summed E-state index contributed by atoms with van der Waals surface area (Å²) in [6.45, 7) is 2.17. The van der Waals surface area contributed by atoms with Crippen LogP contribution < -0.4 is 0 Å². The molecule has 0 radical (unpaired) electrons. The van der Waals surface area contributed by atoms with Gasteiger partial charge in [-0.1, -0.05) is 41.5 Å². The predicted octanol–water partition coefficient (Wildman–Crippen LogP) is 4.04. The number of aryl methyl sites for hydroxylation is 2. The summed E-state index contributed by atoms with van der Waals surface area (Å²) in [7, 11) is 0. The molecule has 0 nitrogen and oxygen atoms in total. The van der Waals surface area contributed by atoms with Gasteiger partial charge in [0.25, 0.3) is 0 Å². The summed E-state index contributed by atoms with van der Waals surface area (Å²) in [6.07, 6.45) is 8.94. The molecule has 0 aliphatic heterocycles. The van der Waals surface area contributed by atoms with E-state index >= 15 is 0 Å². The second-order valence-corrected chi connectivity index (χ2v) is 4.24. The van der Waals surface area contributed by atoms with Crippen LogP contribution in [0.5, 0.6) is 0 Å². The highest BCUT2D eigenvalue weighted by Gasteiger charge is 2.04. The summed E-state index contributed by atoms with van der Waals surface area (Å²) >= 11 is 0. The molecule has 0 N–H and O–H groups in total. The minimum absolute atomic E-state index is 1.22. The number of benzene rings is 1. The first-order valence-corrected chi connectivity index (χ1v) is 5.58. The van der Waals surface area contributed by atoms with Crippen molar-refractivity contribution in [3.63, 3.8) is 0 Å². The molecule has 14 heavy (non-hydrogen) atoms. The highest BCUT2D eigenvalue weighted by Crippen LogP contribution is 2.22. The first kappa shape index (κ1) is 9.51. The molecule has 1 aromatic carbocycles. The van der Waals surface area contributed by atoms with Crippen molar-refractivity contribution < 1.29 is 0 Å². The fourth-order valence-electron chi connectivity index (χ4n) is 2.14. The van der Waals surface area contributed by atoms with E-state index < -0.39 is 0 Å². The first-order valence-electron chi connectivity index (χ1n) is 5.58. The van der Waals surface area contributed by atoms with Crippen LogP contribution in [0.25, 0.3) is 0 Å². The van der Waals surface area contributed by atoms with Gasteiger partial charge in [0.1, 0.15) is 0 Å². The van der Waals surface area contributed by atoms with Crippen LogP contribution in [-0.2, 0) is 6.42 Å². The molecule has 0 aromatic heterocycles. The van der Waals surface area contributed by atoms with Crippen LogP contribution in [0.3, 0.4) is 0 Å². The molecule has 0 fully saturated rings. The van der Waals surface area contributed by atoms with Gasteiger partial charge >= 0.3 is 0 Å². The van der Waals surface area contributed by atoms with Gasteiger partial charge in [0.05, 0.1) is 0 Å². The van der Waals surface area contributed by atoms with E-state index in [1.54, 1.807) is 5.57 Å². The summed E-state index contributed by atoms with van der Waals surface area (Å²) in [5.74, 6) is 0. The standard InChI is InChI=1S/C14H18/c1-12-5-4-8-14(11-12)10-9-13-6-2-3-7-13/h4-6,8,11H,2-3,7,9-10H2,1H3. The number of rotatable bonds is 3. The van der Waals surface area contributed by atoms with Crippen molar-refractivity contribution >= 4 is 0 Å². The summed E-state index contributed by atoms with van der Waals surface area (Å²) in [5, 5.41) is 0. The van der Waals surface area contributed by atoms with Crippen LogP contribution in [0.2, 0.25) is 0 Å². The molecular formula is C14H18. The van der Waals surface area contributed by atoms with Gasteiger partial charge in [-0.05, 0) is 44.6 Å². The lowest BCUT2D eigenvalue weighted by Crippen LogP contribution is -1.87. The van der Waals surface area contributed by atoms with Crippen LogP contribution in [0.1, 0.15) is 36.8 Å². The fraction of sp³-hybridized carbons (Fsp3) is 0.429. The molecule has 0 heterocycles. The maximum absolute atomic E-state index is 2.43. The topological polar surface area (TPSA) is 0 Å². The van der Waals surface area contributed by atoms with Crippen molar-refractivity contribution in [3.8, 4) is 0 Å².